The van der Waals surface area contributed by atoms with E-state index in [0.717, 1.165) is 12.0 Å². The third-order valence-corrected chi connectivity index (χ3v) is 3.63. The van der Waals surface area contributed by atoms with Crippen molar-refractivity contribution in [3.8, 4) is 0 Å². The molecule has 1 atom stereocenters. The van der Waals surface area contributed by atoms with E-state index in [2.05, 4.69) is 24.5 Å². The van der Waals surface area contributed by atoms with Gasteiger partial charge in [0.05, 0.1) is 6.42 Å². The number of rotatable bonds is 9. The van der Waals surface area contributed by atoms with Crippen LogP contribution in [0.25, 0.3) is 0 Å². The molecule has 2 amide bonds. The van der Waals surface area contributed by atoms with Gasteiger partial charge >= 0.3 is 0 Å². The number of carbonyl (C=O) groups excluding carboxylic acids is 2. The minimum absolute atomic E-state index is 0. The Morgan fingerprint density at radius 1 is 1.17 bits per heavy atom. The first-order valence-corrected chi connectivity index (χ1v) is 8.16. The topological polar surface area (TPSA) is 84.2 Å². The van der Waals surface area contributed by atoms with Gasteiger partial charge in [0, 0.05) is 25.0 Å². The van der Waals surface area contributed by atoms with Gasteiger partial charge in [-0.2, -0.15) is 0 Å². The van der Waals surface area contributed by atoms with E-state index in [1.165, 1.54) is 0 Å². The lowest BCUT2D eigenvalue weighted by molar-refractivity contribution is -0.123. The molecular formula is C18H30ClN3O2. The fraction of sp³-hybridized carbons (Fsp3) is 0.556. The summed E-state index contributed by atoms with van der Waals surface area (Å²) in [6.07, 6.45) is 1.42. The van der Waals surface area contributed by atoms with Crippen molar-refractivity contribution in [3.63, 3.8) is 0 Å². The maximum atomic E-state index is 12.0. The van der Waals surface area contributed by atoms with Crippen LogP contribution in [-0.2, 0) is 16.0 Å². The van der Waals surface area contributed by atoms with Crippen LogP contribution in [0.4, 0.5) is 0 Å². The molecule has 0 fully saturated rings. The number of nitrogens with one attached hydrogen (secondary N) is 2. The Morgan fingerprint density at radius 2 is 1.79 bits per heavy atom. The van der Waals surface area contributed by atoms with Crippen molar-refractivity contribution in [2.75, 3.05) is 13.1 Å². The van der Waals surface area contributed by atoms with E-state index in [-0.39, 0.29) is 36.2 Å². The molecule has 0 aliphatic carbocycles. The molecule has 0 spiro atoms. The second kappa shape index (κ2) is 11.0. The Kier molecular flexibility index (Phi) is 10.3. The maximum absolute atomic E-state index is 12.0. The van der Waals surface area contributed by atoms with Gasteiger partial charge in [-0.15, -0.1) is 12.4 Å². The molecule has 1 aromatic rings. The first-order chi connectivity index (χ1) is 10.8. The minimum atomic E-state index is -0.390. The summed E-state index contributed by atoms with van der Waals surface area (Å²) in [5.74, 6) is 0.292. The maximum Gasteiger partial charge on any atom is 0.224 e. The average molecular weight is 356 g/mol. The van der Waals surface area contributed by atoms with E-state index in [4.69, 9.17) is 5.73 Å². The van der Waals surface area contributed by atoms with E-state index in [1.807, 2.05) is 37.3 Å². The average Bonchev–Trinajstić information content (AvgIpc) is 2.47. The summed E-state index contributed by atoms with van der Waals surface area (Å²) in [6, 6.07) is 9.53. The zero-order valence-electron chi connectivity index (χ0n) is 14.8. The predicted octanol–water partition coefficient (Wildman–Crippen LogP) is 2.04. The van der Waals surface area contributed by atoms with Gasteiger partial charge in [0.25, 0.3) is 0 Å². The lowest BCUT2D eigenvalue weighted by atomic mass is 9.90. The molecule has 0 aliphatic heterocycles. The normalized spacial score (nSPS) is 12.9. The molecule has 0 heterocycles. The van der Waals surface area contributed by atoms with Gasteiger partial charge in [-0.1, -0.05) is 44.2 Å². The molecule has 4 N–H and O–H groups in total. The van der Waals surface area contributed by atoms with E-state index in [0.29, 0.717) is 25.4 Å². The molecular weight excluding hydrogens is 326 g/mol. The Bertz CT molecular complexity index is 508. The van der Waals surface area contributed by atoms with Gasteiger partial charge in [0.2, 0.25) is 11.8 Å². The number of hydrogen-bond donors (Lipinski definition) is 3. The lowest BCUT2D eigenvalue weighted by Crippen LogP contribution is -2.52. The second-order valence-electron chi connectivity index (χ2n) is 6.67. The van der Waals surface area contributed by atoms with Crippen LogP contribution in [0, 0.1) is 5.92 Å². The van der Waals surface area contributed by atoms with Gasteiger partial charge in [-0.25, -0.2) is 0 Å². The zero-order valence-corrected chi connectivity index (χ0v) is 15.6. The molecule has 1 aromatic carbocycles. The number of nitrogens with two attached hydrogens (primary N) is 1. The summed E-state index contributed by atoms with van der Waals surface area (Å²) in [6.45, 7) is 6.89. The second-order valence-corrected chi connectivity index (χ2v) is 6.67. The van der Waals surface area contributed by atoms with Crippen molar-refractivity contribution in [1.82, 2.24) is 10.6 Å². The van der Waals surface area contributed by atoms with E-state index in [9.17, 15) is 9.59 Å². The highest BCUT2D eigenvalue weighted by Gasteiger charge is 2.25. The molecule has 0 aromatic heterocycles. The molecule has 0 saturated heterocycles. The highest BCUT2D eigenvalue weighted by atomic mass is 35.5. The quantitative estimate of drug-likeness (QED) is 0.633. The van der Waals surface area contributed by atoms with Gasteiger partial charge in [0.1, 0.15) is 0 Å². The monoisotopic (exact) mass is 355 g/mol. The van der Waals surface area contributed by atoms with Gasteiger partial charge in [-0.3, -0.25) is 9.59 Å². The standard InChI is InChI=1S/C18H29N3O2.ClH/c1-14(2)12-18(3,13-19)21-16(22)9-10-20-17(23)11-15-7-5-4-6-8-15;/h4-8,14H,9-13,19H2,1-3H3,(H,20,23)(H,21,22);1H. The Labute approximate surface area is 151 Å². The first kappa shape index (κ1) is 22.4. The molecule has 136 valence electrons. The van der Waals surface area contributed by atoms with Crippen LogP contribution in [-0.4, -0.2) is 30.4 Å². The van der Waals surface area contributed by atoms with Crippen LogP contribution in [0.15, 0.2) is 30.3 Å². The molecule has 1 unspecified atom stereocenters. The van der Waals surface area contributed by atoms with Crippen LogP contribution in [0.3, 0.4) is 0 Å². The summed E-state index contributed by atoms with van der Waals surface area (Å²) < 4.78 is 0. The molecule has 6 heteroatoms. The fourth-order valence-electron chi connectivity index (χ4n) is 2.64. The van der Waals surface area contributed by atoms with Crippen molar-refractivity contribution in [2.45, 2.75) is 45.6 Å². The van der Waals surface area contributed by atoms with Crippen molar-refractivity contribution in [1.29, 1.82) is 0 Å². The van der Waals surface area contributed by atoms with Crippen LogP contribution >= 0.6 is 12.4 Å². The predicted molar refractivity (Wildman–Crippen MR) is 100 cm³/mol. The van der Waals surface area contributed by atoms with Crippen molar-refractivity contribution >= 4 is 24.2 Å². The Hall–Kier alpha value is -1.59. The molecule has 0 aliphatic rings. The summed E-state index contributed by atoms with van der Waals surface area (Å²) in [5.41, 5.74) is 6.35. The largest absolute Gasteiger partial charge is 0.355 e. The Balaban J connectivity index is 0.00000529. The van der Waals surface area contributed by atoms with Gasteiger partial charge in [0.15, 0.2) is 0 Å². The van der Waals surface area contributed by atoms with Crippen LogP contribution < -0.4 is 16.4 Å². The molecule has 5 nitrogen and oxygen atoms in total. The molecule has 0 saturated carbocycles. The SMILES string of the molecule is CC(C)CC(C)(CN)NC(=O)CCNC(=O)Cc1ccccc1.Cl. The van der Waals surface area contributed by atoms with E-state index >= 15 is 0 Å². The highest BCUT2D eigenvalue weighted by molar-refractivity contribution is 5.85. The van der Waals surface area contributed by atoms with Crippen molar-refractivity contribution in [3.05, 3.63) is 35.9 Å². The smallest absolute Gasteiger partial charge is 0.224 e. The van der Waals surface area contributed by atoms with Crippen LogP contribution in [0.1, 0.15) is 39.2 Å². The van der Waals surface area contributed by atoms with Crippen LogP contribution in [0.2, 0.25) is 0 Å². The molecule has 0 bridgehead atoms. The number of amides is 2. The third kappa shape index (κ3) is 8.89. The summed E-state index contributed by atoms with van der Waals surface area (Å²) >= 11 is 0. The zero-order chi connectivity index (χ0) is 17.3. The van der Waals surface area contributed by atoms with Crippen molar-refractivity contribution < 1.29 is 9.59 Å². The number of hydrogen-bond acceptors (Lipinski definition) is 3. The summed E-state index contributed by atoms with van der Waals surface area (Å²) in [4.78, 5) is 23.8. The van der Waals surface area contributed by atoms with Crippen molar-refractivity contribution in [2.24, 2.45) is 11.7 Å². The van der Waals surface area contributed by atoms with Gasteiger partial charge < -0.3 is 16.4 Å². The molecule has 1 rings (SSSR count). The molecule has 0 radical (unpaired) electrons. The number of halogens is 1. The third-order valence-electron chi connectivity index (χ3n) is 3.63. The van der Waals surface area contributed by atoms with E-state index in [1.54, 1.807) is 0 Å². The lowest BCUT2D eigenvalue weighted by Gasteiger charge is -2.31. The minimum Gasteiger partial charge on any atom is -0.355 e. The summed E-state index contributed by atoms with van der Waals surface area (Å²) in [5, 5.41) is 5.76. The highest BCUT2D eigenvalue weighted by Crippen LogP contribution is 2.15. The fourth-order valence-corrected chi connectivity index (χ4v) is 2.64. The summed E-state index contributed by atoms with van der Waals surface area (Å²) in [7, 11) is 0. The Morgan fingerprint density at radius 3 is 2.33 bits per heavy atom. The van der Waals surface area contributed by atoms with Gasteiger partial charge in [-0.05, 0) is 24.8 Å². The van der Waals surface area contributed by atoms with E-state index < -0.39 is 0 Å². The first-order valence-electron chi connectivity index (χ1n) is 8.16. The van der Waals surface area contributed by atoms with Crippen LogP contribution in [0.5, 0.6) is 0 Å². The molecule has 24 heavy (non-hydrogen) atoms. The number of carbonyl (C=O) groups is 2. The number of benzene rings is 1.